The van der Waals surface area contributed by atoms with Gasteiger partial charge in [-0.1, -0.05) is 6.07 Å². The fourth-order valence-corrected chi connectivity index (χ4v) is 1.38. The van der Waals surface area contributed by atoms with Gasteiger partial charge in [-0.2, -0.15) is 0 Å². The molecule has 0 radical (unpaired) electrons. The number of aryl methyl sites for hydroxylation is 1. The molecule has 0 bridgehead atoms. The molecule has 0 atom stereocenters. The highest BCUT2D eigenvalue weighted by atomic mass is 16.5. The second-order valence-corrected chi connectivity index (χ2v) is 3.76. The summed E-state index contributed by atoms with van der Waals surface area (Å²) < 4.78 is 15.5. The van der Waals surface area contributed by atoms with E-state index in [0.29, 0.717) is 32.2 Å². The summed E-state index contributed by atoms with van der Waals surface area (Å²) >= 11 is 0. The normalized spacial score (nSPS) is 10.3. The van der Waals surface area contributed by atoms with Gasteiger partial charge in [0.25, 0.3) is 0 Å². The number of benzene rings is 1. The van der Waals surface area contributed by atoms with Crippen LogP contribution in [-0.2, 0) is 9.47 Å². The molecular weight excluding hydrogens is 236 g/mol. The predicted molar refractivity (Wildman–Crippen MR) is 66.3 cm³/mol. The minimum Gasteiger partial charge on any atom is -0.490 e. The van der Waals surface area contributed by atoms with Crippen molar-refractivity contribution in [2.24, 2.45) is 0 Å². The van der Waals surface area contributed by atoms with Gasteiger partial charge in [0, 0.05) is 7.11 Å². The molecular formula is C13H18O5. The van der Waals surface area contributed by atoms with Crippen LogP contribution in [0.2, 0.25) is 0 Å². The van der Waals surface area contributed by atoms with E-state index in [1.54, 1.807) is 25.3 Å². The number of methoxy groups -OCH3 is 1. The molecule has 0 unspecified atom stereocenters. The summed E-state index contributed by atoms with van der Waals surface area (Å²) in [4.78, 5) is 11.0. The van der Waals surface area contributed by atoms with Gasteiger partial charge >= 0.3 is 5.97 Å². The fraction of sp³-hybridized carbons (Fsp3) is 0.462. The first-order chi connectivity index (χ1) is 8.65. The third-order valence-electron chi connectivity index (χ3n) is 2.28. The minimum absolute atomic E-state index is 0.164. The van der Waals surface area contributed by atoms with Gasteiger partial charge in [0.1, 0.15) is 17.9 Å². The first kappa shape index (κ1) is 14.5. The van der Waals surface area contributed by atoms with E-state index in [0.717, 1.165) is 5.56 Å². The van der Waals surface area contributed by atoms with E-state index in [1.807, 2.05) is 6.92 Å². The Labute approximate surface area is 106 Å². The van der Waals surface area contributed by atoms with E-state index in [-0.39, 0.29) is 5.56 Å². The molecule has 0 saturated carbocycles. The fourth-order valence-electron chi connectivity index (χ4n) is 1.38. The van der Waals surface area contributed by atoms with Crippen LogP contribution in [0.5, 0.6) is 5.75 Å². The number of hydrogen-bond acceptors (Lipinski definition) is 4. The predicted octanol–water partition coefficient (Wildman–Crippen LogP) is 1.74. The molecule has 0 aliphatic carbocycles. The molecule has 1 N–H and O–H groups in total. The zero-order valence-electron chi connectivity index (χ0n) is 10.6. The molecule has 5 nitrogen and oxygen atoms in total. The molecule has 0 aliphatic rings. The maximum Gasteiger partial charge on any atom is 0.339 e. The minimum atomic E-state index is -0.995. The number of rotatable bonds is 8. The summed E-state index contributed by atoms with van der Waals surface area (Å²) in [5.41, 5.74) is 1.12. The van der Waals surface area contributed by atoms with Crippen molar-refractivity contribution in [2.45, 2.75) is 6.92 Å². The van der Waals surface area contributed by atoms with E-state index >= 15 is 0 Å². The lowest BCUT2D eigenvalue weighted by Gasteiger charge is -2.10. The highest BCUT2D eigenvalue weighted by molar-refractivity contribution is 5.90. The number of carboxylic acids is 1. The summed E-state index contributed by atoms with van der Waals surface area (Å²) in [5, 5.41) is 9.00. The van der Waals surface area contributed by atoms with Gasteiger partial charge in [0.2, 0.25) is 0 Å². The lowest BCUT2D eigenvalue weighted by Crippen LogP contribution is -2.11. The van der Waals surface area contributed by atoms with Crippen LogP contribution in [0, 0.1) is 6.92 Å². The summed E-state index contributed by atoms with van der Waals surface area (Å²) in [6, 6.07) is 4.99. The Morgan fingerprint density at radius 3 is 2.61 bits per heavy atom. The van der Waals surface area contributed by atoms with Gasteiger partial charge in [-0.15, -0.1) is 0 Å². The number of carbonyl (C=O) groups is 1. The van der Waals surface area contributed by atoms with Crippen LogP contribution in [-0.4, -0.2) is 44.6 Å². The quantitative estimate of drug-likeness (QED) is 0.716. The van der Waals surface area contributed by atoms with Crippen molar-refractivity contribution >= 4 is 5.97 Å². The van der Waals surface area contributed by atoms with E-state index < -0.39 is 5.97 Å². The van der Waals surface area contributed by atoms with Crippen molar-refractivity contribution in [3.8, 4) is 5.75 Å². The largest absolute Gasteiger partial charge is 0.490 e. The van der Waals surface area contributed by atoms with Crippen molar-refractivity contribution in [1.82, 2.24) is 0 Å². The van der Waals surface area contributed by atoms with E-state index in [4.69, 9.17) is 19.3 Å². The van der Waals surface area contributed by atoms with Gasteiger partial charge in [0.05, 0.1) is 19.8 Å². The molecule has 0 spiro atoms. The third-order valence-corrected chi connectivity index (χ3v) is 2.28. The number of ether oxygens (including phenoxy) is 3. The Bertz CT molecular complexity index is 389. The Kier molecular flexibility index (Phi) is 6.18. The lowest BCUT2D eigenvalue weighted by molar-refractivity contribution is 0.0535. The maximum atomic E-state index is 11.0. The second kappa shape index (κ2) is 7.68. The Morgan fingerprint density at radius 1 is 1.22 bits per heavy atom. The van der Waals surface area contributed by atoms with Gasteiger partial charge < -0.3 is 19.3 Å². The zero-order valence-corrected chi connectivity index (χ0v) is 10.6. The van der Waals surface area contributed by atoms with Crippen LogP contribution in [0.4, 0.5) is 0 Å². The second-order valence-electron chi connectivity index (χ2n) is 3.76. The SMILES string of the molecule is COCCOCCOc1cc(C)ccc1C(=O)O. The molecule has 1 aromatic rings. The van der Waals surface area contributed by atoms with Crippen molar-refractivity contribution in [2.75, 3.05) is 33.5 Å². The summed E-state index contributed by atoms with van der Waals surface area (Å²) in [7, 11) is 1.60. The van der Waals surface area contributed by atoms with E-state index in [1.165, 1.54) is 0 Å². The van der Waals surface area contributed by atoms with Gasteiger partial charge in [-0.05, 0) is 24.6 Å². The number of hydrogen-bond donors (Lipinski definition) is 1. The maximum absolute atomic E-state index is 11.0. The summed E-state index contributed by atoms with van der Waals surface area (Å²) in [6.07, 6.45) is 0. The molecule has 100 valence electrons. The van der Waals surface area contributed by atoms with Crippen LogP contribution < -0.4 is 4.74 Å². The molecule has 1 aromatic carbocycles. The average Bonchev–Trinajstić information content (AvgIpc) is 2.33. The average molecular weight is 254 g/mol. The van der Waals surface area contributed by atoms with E-state index in [2.05, 4.69) is 0 Å². The third kappa shape index (κ3) is 4.73. The molecule has 0 amide bonds. The summed E-state index contributed by atoms with van der Waals surface area (Å²) in [5.74, 6) is -0.622. The molecule has 0 aromatic heterocycles. The molecule has 0 aliphatic heterocycles. The van der Waals surface area contributed by atoms with Crippen molar-refractivity contribution < 1.29 is 24.1 Å². The highest BCUT2D eigenvalue weighted by Gasteiger charge is 2.10. The number of carboxylic acid groups (broad SMARTS) is 1. The summed E-state index contributed by atoms with van der Waals surface area (Å²) in [6.45, 7) is 3.63. The van der Waals surface area contributed by atoms with Gasteiger partial charge in [-0.3, -0.25) is 0 Å². The van der Waals surface area contributed by atoms with Crippen molar-refractivity contribution in [3.05, 3.63) is 29.3 Å². The molecule has 5 heteroatoms. The first-order valence-corrected chi connectivity index (χ1v) is 5.68. The molecule has 0 fully saturated rings. The van der Waals surface area contributed by atoms with Crippen molar-refractivity contribution in [3.63, 3.8) is 0 Å². The van der Waals surface area contributed by atoms with Crippen LogP contribution in [0.1, 0.15) is 15.9 Å². The molecule has 0 heterocycles. The Hall–Kier alpha value is -1.59. The van der Waals surface area contributed by atoms with Crippen LogP contribution in [0.25, 0.3) is 0 Å². The van der Waals surface area contributed by atoms with Crippen LogP contribution in [0.3, 0.4) is 0 Å². The number of aromatic carboxylic acids is 1. The van der Waals surface area contributed by atoms with Gasteiger partial charge in [0.15, 0.2) is 0 Å². The topological polar surface area (TPSA) is 65.0 Å². The molecule has 0 saturated heterocycles. The smallest absolute Gasteiger partial charge is 0.339 e. The standard InChI is InChI=1S/C13H18O5/c1-10-3-4-11(13(14)15)12(9-10)18-8-7-17-6-5-16-2/h3-4,9H,5-8H2,1-2H3,(H,14,15). The van der Waals surface area contributed by atoms with Gasteiger partial charge in [-0.25, -0.2) is 4.79 Å². The lowest BCUT2D eigenvalue weighted by atomic mass is 10.1. The first-order valence-electron chi connectivity index (χ1n) is 5.68. The Balaban J connectivity index is 2.45. The van der Waals surface area contributed by atoms with E-state index in [9.17, 15) is 4.79 Å². The highest BCUT2D eigenvalue weighted by Crippen LogP contribution is 2.20. The Morgan fingerprint density at radius 2 is 1.94 bits per heavy atom. The van der Waals surface area contributed by atoms with Crippen LogP contribution in [0.15, 0.2) is 18.2 Å². The monoisotopic (exact) mass is 254 g/mol. The molecule has 18 heavy (non-hydrogen) atoms. The zero-order chi connectivity index (χ0) is 13.4. The van der Waals surface area contributed by atoms with Crippen molar-refractivity contribution in [1.29, 1.82) is 0 Å². The van der Waals surface area contributed by atoms with Crippen LogP contribution >= 0.6 is 0 Å². The molecule has 1 rings (SSSR count).